The molecular weight excluding hydrogens is 262 g/mol. The Hall–Kier alpha value is -2.62. The lowest BCUT2D eigenvalue weighted by Gasteiger charge is -2.09. The van der Waals surface area contributed by atoms with Crippen molar-refractivity contribution in [3.05, 3.63) is 65.6 Å². The third-order valence-corrected chi connectivity index (χ3v) is 3.80. The summed E-state index contributed by atoms with van der Waals surface area (Å²) in [5.41, 5.74) is 3.75. The van der Waals surface area contributed by atoms with Gasteiger partial charge in [0.15, 0.2) is 0 Å². The number of carbonyl (C=O) groups excluding carboxylic acids is 1. The molecule has 1 amide bonds. The molecule has 2 aromatic heterocycles. The Balaban J connectivity index is 1.83. The van der Waals surface area contributed by atoms with Crippen LogP contribution in [0.25, 0.3) is 10.9 Å². The number of aryl methyl sites for hydroxylation is 1. The molecule has 1 aromatic carbocycles. The van der Waals surface area contributed by atoms with Crippen LogP contribution in [-0.4, -0.2) is 15.5 Å². The molecule has 0 radical (unpaired) electrons. The van der Waals surface area contributed by atoms with Crippen molar-refractivity contribution in [3.63, 3.8) is 0 Å². The average Bonchev–Trinajstić information content (AvgIpc) is 2.84. The molecule has 0 saturated heterocycles. The Labute approximate surface area is 123 Å². The van der Waals surface area contributed by atoms with Gasteiger partial charge in [0, 0.05) is 35.6 Å². The van der Waals surface area contributed by atoms with Gasteiger partial charge in [0.05, 0.1) is 12.1 Å². The second kappa shape index (κ2) is 5.40. The van der Waals surface area contributed by atoms with E-state index in [4.69, 9.17) is 0 Å². The van der Waals surface area contributed by atoms with Gasteiger partial charge in [-0.1, -0.05) is 12.1 Å². The fourth-order valence-corrected chi connectivity index (χ4v) is 2.41. The van der Waals surface area contributed by atoms with Crippen LogP contribution in [0.1, 0.15) is 21.7 Å². The molecule has 106 valence electrons. The summed E-state index contributed by atoms with van der Waals surface area (Å²) in [4.78, 5) is 16.7. The number of amides is 1. The minimum atomic E-state index is -0.0764. The smallest absolute Gasteiger partial charge is 0.252 e. The number of hydrogen-bond donors (Lipinski definition) is 1. The third kappa shape index (κ3) is 2.52. The van der Waals surface area contributed by atoms with Crippen molar-refractivity contribution in [1.82, 2.24) is 14.9 Å². The molecule has 3 aromatic rings. The highest BCUT2D eigenvalue weighted by Gasteiger charge is 2.10. The quantitative estimate of drug-likeness (QED) is 0.801. The van der Waals surface area contributed by atoms with E-state index in [-0.39, 0.29) is 5.91 Å². The third-order valence-electron chi connectivity index (χ3n) is 3.80. The lowest BCUT2D eigenvalue weighted by molar-refractivity contribution is 0.0952. The van der Waals surface area contributed by atoms with Crippen LogP contribution in [0.4, 0.5) is 0 Å². The Bertz CT molecular complexity index is 799. The van der Waals surface area contributed by atoms with Gasteiger partial charge in [-0.2, -0.15) is 0 Å². The molecule has 1 N–H and O–H groups in total. The number of aromatic nitrogens is 2. The molecule has 0 saturated carbocycles. The molecule has 0 atom stereocenters. The first-order valence-corrected chi connectivity index (χ1v) is 6.90. The molecule has 2 heterocycles. The highest BCUT2D eigenvalue weighted by atomic mass is 16.1. The summed E-state index contributed by atoms with van der Waals surface area (Å²) < 4.78 is 2.07. The van der Waals surface area contributed by atoms with Gasteiger partial charge in [-0.3, -0.25) is 9.78 Å². The second-order valence-electron chi connectivity index (χ2n) is 5.08. The van der Waals surface area contributed by atoms with Crippen molar-refractivity contribution in [2.24, 2.45) is 7.05 Å². The normalized spacial score (nSPS) is 10.8. The Morgan fingerprint density at radius 1 is 1.19 bits per heavy atom. The fourth-order valence-electron chi connectivity index (χ4n) is 2.41. The summed E-state index contributed by atoms with van der Waals surface area (Å²) in [6.07, 6.45) is 1.73. The zero-order valence-corrected chi connectivity index (χ0v) is 12.1. The maximum atomic E-state index is 12.4. The van der Waals surface area contributed by atoms with Crippen LogP contribution < -0.4 is 5.32 Å². The van der Waals surface area contributed by atoms with Gasteiger partial charge in [-0.05, 0) is 37.3 Å². The van der Waals surface area contributed by atoms with Gasteiger partial charge in [0.2, 0.25) is 0 Å². The largest absolute Gasteiger partial charge is 0.350 e. The van der Waals surface area contributed by atoms with E-state index in [1.54, 1.807) is 6.20 Å². The van der Waals surface area contributed by atoms with Crippen LogP contribution in [-0.2, 0) is 13.6 Å². The van der Waals surface area contributed by atoms with Crippen LogP contribution in [0.2, 0.25) is 0 Å². The molecule has 4 nitrogen and oxygen atoms in total. The first kappa shape index (κ1) is 13.4. The van der Waals surface area contributed by atoms with Crippen LogP contribution in [0.3, 0.4) is 0 Å². The van der Waals surface area contributed by atoms with Crippen molar-refractivity contribution >= 4 is 16.8 Å². The van der Waals surface area contributed by atoms with Gasteiger partial charge < -0.3 is 9.88 Å². The summed E-state index contributed by atoms with van der Waals surface area (Å²) in [6.45, 7) is 2.56. The molecular formula is C17H17N3O. The Morgan fingerprint density at radius 3 is 2.81 bits per heavy atom. The summed E-state index contributed by atoms with van der Waals surface area (Å²) in [6, 6.07) is 13.4. The molecule has 0 aliphatic carbocycles. The number of hydrogen-bond acceptors (Lipinski definition) is 2. The zero-order valence-electron chi connectivity index (χ0n) is 12.1. The number of rotatable bonds is 3. The summed E-state index contributed by atoms with van der Waals surface area (Å²) in [5.74, 6) is -0.0764. The predicted octanol–water partition coefficient (Wildman–Crippen LogP) is 2.81. The molecule has 0 fully saturated rings. The molecule has 0 unspecified atom stereocenters. The Kier molecular flexibility index (Phi) is 3.44. The topological polar surface area (TPSA) is 46.9 Å². The number of pyridine rings is 1. The van der Waals surface area contributed by atoms with Gasteiger partial charge in [-0.25, -0.2) is 0 Å². The Morgan fingerprint density at radius 2 is 2.05 bits per heavy atom. The van der Waals surface area contributed by atoms with Gasteiger partial charge in [0.1, 0.15) is 0 Å². The zero-order chi connectivity index (χ0) is 14.8. The highest BCUT2D eigenvalue weighted by molar-refractivity contribution is 6.06. The van der Waals surface area contributed by atoms with Crippen molar-refractivity contribution in [3.8, 4) is 0 Å². The van der Waals surface area contributed by atoms with E-state index in [9.17, 15) is 4.79 Å². The van der Waals surface area contributed by atoms with Gasteiger partial charge >= 0.3 is 0 Å². The SMILES string of the molecule is Cc1ccc(CNC(=O)c2cccc3ncccc23)n1C. The van der Waals surface area contributed by atoms with E-state index in [1.165, 1.54) is 5.69 Å². The highest BCUT2D eigenvalue weighted by Crippen LogP contribution is 2.16. The maximum absolute atomic E-state index is 12.4. The van der Waals surface area contributed by atoms with E-state index in [0.717, 1.165) is 16.6 Å². The van der Waals surface area contributed by atoms with E-state index < -0.39 is 0 Å². The van der Waals surface area contributed by atoms with E-state index >= 15 is 0 Å². The van der Waals surface area contributed by atoms with Crippen LogP contribution in [0.15, 0.2) is 48.7 Å². The summed E-state index contributed by atoms with van der Waals surface area (Å²) in [7, 11) is 2.00. The number of nitrogens with one attached hydrogen (secondary N) is 1. The molecule has 0 aliphatic rings. The van der Waals surface area contributed by atoms with Crippen LogP contribution in [0.5, 0.6) is 0 Å². The fraction of sp³-hybridized carbons (Fsp3) is 0.176. The monoisotopic (exact) mass is 279 g/mol. The van der Waals surface area contributed by atoms with E-state index in [1.807, 2.05) is 56.4 Å². The van der Waals surface area contributed by atoms with Crippen molar-refractivity contribution < 1.29 is 4.79 Å². The van der Waals surface area contributed by atoms with Crippen molar-refractivity contribution in [2.45, 2.75) is 13.5 Å². The first-order chi connectivity index (χ1) is 10.2. The maximum Gasteiger partial charge on any atom is 0.252 e. The van der Waals surface area contributed by atoms with Crippen LogP contribution >= 0.6 is 0 Å². The second-order valence-corrected chi connectivity index (χ2v) is 5.08. The van der Waals surface area contributed by atoms with Gasteiger partial charge in [0.25, 0.3) is 5.91 Å². The predicted molar refractivity (Wildman–Crippen MR) is 83.1 cm³/mol. The number of carbonyl (C=O) groups is 1. The molecule has 3 rings (SSSR count). The molecule has 4 heteroatoms. The number of fused-ring (bicyclic) bond motifs is 1. The molecule has 21 heavy (non-hydrogen) atoms. The number of nitrogens with zero attached hydrogens (tertiary/aromatic N) is 2. The lowest BCUT2D eigenvalue weighted by Crippen LogP contribution is -2.24. The van der Waals surface area contributed by atoms with E-state index in [0.29, 0.717) is 12.1 Å². The molecule has 0 bridgehead atoms. The standard InChI is InChI=1S/C17H17N3O/c1-12-8-9-13(20(12)2)11-19-17(21)15-5-3-7-16-14(15)6-4-10-18-16/h3-10H,11H2,1-2H3,(H,19,21). The van der Waals surface area contributed by atoms with Gasteiger partial charge in [-0.15, -0.1) is 0 Å². The van der Waals surface area contributed by atoms with Crippen molar-refractivity contribution in [2.75, 3.05) is 0 Å². The molecule has 0 spiro atoms. The summed E-state index contributed by atoms with van der Waals surface area (Å²) in [5, 5.41) is 3.85. The average molecular weight is 279 g/mol. The number of benzene rings is 1. The first-order valence-electron chi connectivity index (χ1n) is 6.90. The van der Waals surface area contributed by atoms with Crippen molar-refractivity contribution in [1.29, 1.82) is 0 Å². The molecule has 0 aliphatic heterocycles. The summed E-state index contributed by atoms with van der Waals surface area (Å²) >= 11 is 0. The minimum absolute atomic E-state index is 0.0764. The van der Waals surface area contributed by atoms with Crippen LogP contribution in [0, 0.1) is 6.92 Å². The van der Waals surface area contributed by atoms with E-state index in [2.05, 4.69) is 14.9 Å². The lowest BCUT2D eigenvalue weighted by atomic mass is 10.1. The minimum Gasteiger partial charge on any atom is -0.350 e.